The number of pyridine rings is 1. The van der Waals surface area contributed by atoms with Crippen LogP contribution in [0.5, 0.6) is 0 Å². The quantitative estimate of drug-likeness (QED) is 0.647. The number of nitrogens with one attached hydrogen (secondary N) is 1. The number of H-pyrrole nitrogens is 1. The van der Waals surface area contributed by atoms with Crippen LogP contribution in [0.3, 0.4) is 0 Å². The molecule has 1 N–H and O–H groups in total. The Labute approximate surface area is 171 Å². The van der Waals surface area contributed by atoms with E-state index in [0.29, 0.717) is 46.0 Å². The molecule has 2 saturated carbocycles. The van der Waals surface area contributed by atoms with Crippen molar-refractivity contribution in [1.29, 1.82) is 0 Å². The van der Waals surface area contributed by atoms with Gasteiger partial charge in [-0.2, -0.15) is 0 Å². The van der Waals surface area contributed by atoms with Crippen molar-refractivity contribution in [2.24, 2.45) is 23.7 Å². The molecule has 0 radical (unpaired) electrons. The molecule has 3 aromatic rings. The number of carbonyl (C=O) groups is 1. The number of hydrogen-bond donors (Lipinski definition) is 1. The van der Waals surface area contributed by atoms with E-state index in [0.717, 1.165) is 24.6 Å². The Morgan fingerprint density at radius 2 is 2.14 bits per heavy atom. The van der Waals surface area contributed by atoms with Gasteiger partial charge in [0.2, 0.25) is 0 Å². The molecule has 4 atom stereocenters. The summed E-state index contributed by atoms with van der Waals surface area (Å²) in [7, 11) is 1.42. The number of carbonyl (C=O) groups excluding carboxylic acids is 1. The number of ether oxygens (including phenoxy) is 1. The summed E-state index contributed by atoms with van der Waals surface area (Å²) < 4.78 is 19.7. The highest BCUT2D eigenvalue weighted by Gasteiger charge is 2.51. The minimum Gasteiger partial charge on any atom is -0.469 e. The Morgan fingerprint density at radius 3 is 2.97 bits per heavy atom. The Kier molecular flexibility index (Phi) is 4.50. The Balaban J connectivity index is 1.50. The molecule has 3 heterocycles. The molecule has 3 unspecified atom stereocenters. The molecule has 8 heteroatoms. The molecule has 0 spiro atoms. The van der Waals surface area contributed by atoms with Gasteiger partial charge in [0.15, 0.2) is 11.6 Å². The van der Waals surface area contributed by atoms with Gasteiger partial charge in [-0.3, -0.25) is 4.79 Å². The van der Waals surface area contributed by atoms with Gasteiger partial charge in [0, 0.05) is 23.3 Å². The first-order valence-corrected chi connectivity index (χ1v) is 10.1. The van der Waals surface area contributed by atoms with Crippen LogP contribution >= 0.6 is 11.6 Å². The maximum atomic E-state index is 14.6. The van der Waals surface area contributed by atoms with Crippen molar-refractivity contribution in [2.75, 3.05) is 7.11 Å². The van der Waals surface area contributed by atoms with Gasteiger partial charge < -0.3 is 9.72 Å². The van der Waals surface area contributed by atoms with Gasteiger partial charge in [-0.05, 0) is 49.5 Å². The lowest BCUT2D eigenvalue weighted by Gasteiger charge is -2.29. The number of aromatic amines is 1. The SMILES string of the molecule is COC(=O)[C@H]1C2CCC(C2)C1Cc1nc(-c2c[nH]c3ncc(Cl)cc23)ncc1F. The Bertz CT molecular complexity index is 1100. The van der Waals surface area contributed by atoms with Crippen LogP contribution in [0, 0.1) is 29.5 Å². The summed E-state index contributed by atoms with van der Waals surface area (Å²) in [6.45, 7) is 0. The minimum absolute atomic E-state index is 0.0533. The number of esters is 1. The van der Waals surface area contributed by atoms with Crippen molar-refractivity contribution >= 4 is 28.6 Å². The molecule has 2 fully saturated rings. The number of aromatic nitrogens is 4. The predicted molar refractivity (Wildman–Crippen MR) is 106 cm³/mol. The highest BCUT2D eigenvalue weighted by atomic mass is 35.5. The molecule has 6 nitrogen and oxygen atoms in total. The molecule has 0 aromatic carbocycles. The summed E-state index contributed by atoms with van der Waals surface area (Å²) in [5.74, 6) is 0.409. The normalized spacial score (nSPS) is 25.6. The van der Waals surface area contributed by atoms with Gasteiger partial charge in [-0.25, -0.2) is 19.3 Å². The van der Waals surface area contributed by atoms with E-state index in [1.807, 2.05) is 0 Å². The number of hydrogen-bond acceptors (Lipinski definition) is 5. The number of rotatable bonds is 4. The lowest BCUT2D eigenvalue weighted by atomic mass is 9.77. The van der Waals surface area contributed by atoms with E-state index in [1.54, 1.807) is 18.5 Å². The molecule has 0 amide bonds. The first-order chi connectivity index (χ1) is 14.0. The first kappa shape index (κ1) is 18.5. The largest absolute Gasteiger partial charge is 0.469 e. The van der Waals surface area contributed by atoms with E-state index in [4.69, 9.17) is 16.3 Å². The van der Waals surface area contributed by atoms with Crippen molar-refractivity contribution in [3.8, 4) is 11.4 Å². The minimum atomic E-state index is -0.448. The summed E-state index contributed by atoms with van der Waals surface area (Å²) >= 11 is 6.08. The van der Waals surface area contributed by atoms with Crippen LogP contribution in [-0.2, 0) is 16.0 Å². The van der Waals surface area contributed by atoms with Crippen LogP contribution in [0.4, 0.5) is 4.39 Å². The predicted octanol–water partition coefficient (Wildman–Crippen LogP) is 4.19. The molecule has 5 rings (SSSR count). The summed E-state index contributed by atoms with van der Waals surface area (Å²) in [6.07, 6.45) is 8.05. The van der Waals surface area contributed by atoms with Crippen LogP contribution in [0.25, 0.3) is 22.4 Å². The smallest absolute Gasteiger partial charge is 0.309 e. The third-order valence-electron chi connectivity index (χ3n) is 6.55. The lowest BCUT2D eigenvalue weighted by molar-refractivity contribution is -0.149. The van der Waals surface area contributed by atoms with Crippen molar-refractivity contribution in [3.63, 3.8) is 0 Å². The van der Waals surface area contributed by atoms with Crippen molar-refractivity contribution in [2.45, 2.75) is 25.7 Å². The van der Waals surface area contributed by atoms with Gasteiger partial charge in [-0.15, -0.1) is 0 Å². The molecule has 2 aliphatic carbocycles. The molecule has 150 valence electrons. The van der Waals surface area contributed by atoms with Crippen molar-refractivity contribution < 1.29 is 13.9 Å². The molecule has 3 aromatic heterocycles. The molecule has 2 aliphatic rings. The maximum absolute atomic E-state index is 14.6. The van der Waals surface area contributed by atoms with E-state index >= 15 is 0 Å². The fourth-order valence-corrected chi connectivity index (χ4v) is 5.43. The van der Waals surface area contributed by atoms with E-state index in [-0.39, 0.29) is 17.8 Å². The van der Waals surface area contributed by atoms with Crippen molar-refractivity contribution in [1.82, 2.24) is 19.9 Å². The van der Waals surface area contributed by atoms with E-state index in [1.165, 1.54) is 13.3 Å². The fourth-order valence-electron chi connectivity index (χ4n) is 5.27. The number of methoxy groups -OCH3 is 1. The number of halogens is 2. The molecule has 0 aliphatic heterocycles. The average molecular weight is 415 g/mol. The molecule has 0 saturated heterocycles. The van der Waals surface area contributed by atoms with Gasteiger partial charge in [0.05, 0.1) is 29.9 Å². The average Bonchev–Trinajstić information content (AvgIpc) is 3.43. The third-order valence-corrected chi connectivity index (χ3v) is 6.75. The zero-order chi connectivity index (χ0) is 20.1. The van der Waals surface area contributed by atoms with Gasteiger partial charge in [0.25, 0.3) is 0 Å². The second-order valence-electron chi connectivity index (χ2n) is 7.99. The van der Waals surface area contributed by atoms with Gasteiger partial charge >= 0.3 is 5.97 Å². The number of nitrogens with zero attached hydrogens (tertiary/aromatic N) is 3. The standard InChI is InChI=1S/C21H20ClFN4O2/c1-29-21(28)18-11-3-2-10(4-11)13(18)6-17-16(23)9-26-20(27-17)15-8-25-19-14(15)5-12(22)7-24-19/h5,7-11,13,18H,2-4,6H2,1H3,(H,24,25)/t10?,11?,13?,18-/m0/s1. The third kappa shape index (κ3) is 3.08. The molecular weight excluding hydrogens is 395 g/mol. The summed E-state index contributed by atoms with van der Waals surface area (Å²) in [5.41, 5.74) is 1.72. The monoisotopic (exact) mass is 414 g/mol. The highest BCUT2D eigenvalue weighted by Crippen LogP contribution is 2.53. The zero-order valence-corrected chi connectivity index (χ0v) is 16.6. The van der Waals surface area contributed by atoms with E-state index in [9.17, 15) is 9.18 Å². The molecule has 29 heavy (non-hydrogen) atoms. The van der Waals surface area contributed by atoms with Crippen LogP contribution < -0.4 is 0 Å². The molecule has 2 bridgehead atoms. The summed E-state index contributed by atoms with van der Waals surface area (Å²) in [4.78, 5) is 28.4. The van der Waals surface area contributed by atoms with Crippen LogP contribution in [0.1, 0.15) is 25.0 Å². The summed E-state index contributed by atoms with van der Waals surface area (Å²) in [5, 5.41) is 1.28. The van der Waals surface area contributed by atoms with Gasteiger partial charge in [0.1, 0.15) is 5.65 Å². The lowest BCUT2D eigenvalue weighted by Crippen LogP contribution is -2.32. The molecular formula is C21H20ClFN4O2. The van der Waals surface area contributed by atoms with Gasteiger partial charge in [-0.1, -0.05) is 11.6 Å². The highest BCUT2D eigenvalue weighted by molar-refractivity contribution is 6.31. The Hall–Kier alpha value is -2.54. The van der Waals surface area contributed by atoms with E-state index < -0.39 is 5.82 Å². The maximum Gasteiger partial charge on any atom is 0.309 e. The second-order valence-corrected chi connectivity index (χ2v) is 8.43. The van der Waals surface area contributed by atoms with Crippen LogP contribution in [0.15, 0.2) is 24.7 Å². The van der Waals surface area contributed by atoms with E-state index in [2.05, 4.69) is 19.9 Å². The number of fused-ring (bicyclic) bond motifs is 3. The topological polar surface area (TPSA) is 80.8 Å². The van der Waals surface area contributed by atoms with Crippen molar-refractivity contribution in [3.05, 3.63) is 41.2 Å². The van der Waals surface area contributed by atoms with Crippen LogP contribution in [-0.4, -0.2) is 33.0 Å². The zero-order valence-electron chi connectivity index (χ0n) is 15.9. The Morgan fingerprint density at radius 1 is 1.31 bits per heavy atom. The summed E-state index contributed by atoms with van der Waals surface area (Å²) in [6, 6.07) is 1.78. The second kappa shape index (κ2) is 7.06. The first-order valence-electron chi connectivity index (χ1n) is 9.77. The fraction of sp³-hybridized carbons (Fsp3) is 0.429. The van der Waals surface area contributed by atoms with Crippen LogP contribution in [0.2, 0.25) is 5.02 Å².